The number of hydrogen-bond donors (Lipinski definition) is 1. The number of likely N-dealkylation sites (N-methyl/N-ethyl adjacent to an activating group) is 1. The van der Waals surface area contributed by atoms with Gasteiger partial charge in [-0.3, -0.25) is 0 Å². The van der Waals surface area contributed by atoms with Gasteiger partial charge in [-0.25, -0.2) is 9.37 Å². The van der Waals surface area contributed by atoms with Crippen molar-refractivity contribution < 1.29 is 4.39 Å². The lowest BCUT2D eigenvalue weighted by Gasteiger charge is -2.17. The van der Waals surface area contributed by atoms with Gasteiger partial charge in [0.05, 0.1) is 15.7 Å². The average molecular weight is 343 g/mol. The summed E-state index contributed by atoms with van der Waals surface area (Å²) < 4.78 is 13.8. The number of halogens is 2. The van der Waals surface area contributed by atoms with Gasteiger partial charge in [-0.05, 0) is 53.5 Å². The Morgan fingerprint density at radius 3 is 2.84 bits per heavy atom. The van der Waals surface area contributed by atoms with E-state index < -0.39 is 0 Å². The lowest BCUT2D eigenvalue weighted by molar-refractivity contribution is 0.553. The average Bonchev–Trinajstić information content (AvgIpc) is 2.79. The minimum absolute atomic E-state index is 0.224. The van der Waals surface area contributed by atoms with Crippen molar-refractivity contribution in [3.05, 3.63) is 50.1 Å². The van der Waals surface area contributed by atoms with Crippen molar-refractivity contribution in [3.8, 4) is 0 Å². The van der Waals surface area contributed by atoms with Crippen LogP contribution in [0.15, 0.2) is 28.2 Å². The zero-order valence-corrected chi connectivity index (χ0v) is 13.3. The van der Waals surface area contributed by atoms with Crippen LogP contribution in [0.1, 0.15) is 29.1 Å². The van der Waals surface area contributed by atoms with Gasteiger partial charge in [-0.2, -0.15) is 0 Å². The molecule has 19 heavy (non-hydrogen) atoms. The van der Waals surface area contributed by atoms with Crippen LogP contribution in [-0.4, -0.2) is 11.5 Å². The second kappa shape index (κ2) is 6.59. The molecule has 0 fully saturated rings. The van der Waals surface area contributed by atoms with Gasteiger partial charge in [0, 0.05) is 10.9 Å². The first-order valence-electron chi connectivity index (χ1n) is 6.19. The van der Waals surface area contributed by atoms with E-state index in [1.165, 1.54) is 10.9 Å². The fourth-order valence-electron chi connectivity index (χ4n) is 2.05. The van der Waals surface area contributed by atoms with Crippen LogP contribution in [0.3, 0.4) is 0 Å². The van der Waals surface area contributed by atoms with Gasteiger partial charge in [-0.15, -0.1) is 11.3 Å². The molecule has 2 rings (SSSR count). The molecule has 1 heterocycles. The van der Waals surface area contributed by atoms with Gasteiger partial charge in [0.25, 0.3) is 0 Å². The molecule has 5 heteroatoms. The van der Waals surface area contributed by atoms with E-state index >= 15 is 0 Å². The molecule has 0 radical (unpaired) electrons. The Labute approximate surface area is 125 Å². The molecule has 102 valence electrons. The van der Waals surface area contributed by atoms with E-state index in [4.69, 9.17) is 0 Å². The molecule has 2 nitrogen and oxygen atoms in total. The number of rotatable bonds is 5. The van der Waals surface area contributed by atoms with E-state index in [1.54, 1.807) is 11.3 Å². The molecule has 1 aromatic carbocycles. The molecule has 1 atom stereocenters. The van der Waals surface area contributed by atoms with Crippen LogP contribution in [0.25, 0.3) is 0 Å². The number of nitrogens with zero attached hydrogens (tertiary/aromatic N) is 1. The second-order valence-electron chi connectivity index (χ2n) is 4.36. The molecule has 0 saturated carbocycles. The summed E-state index contributed by atoms with van der Waals surface area (Å²) in [5, 5.41) is 3.47. The number of aryl methyl sites for hydroxylation is 1. The molecule has 0 saturated heterocycles. The number of hydrogen-bond acceptors (Lipinski definition) is 3. The maximum atomic E-state index is 13.3. The molecule has 1 unspecified atom stereocenters. The summed E-state index contributed by atoms with van der Waals surface area (Å²) in [6.45, 7) is 5.01. The third-order valence-electron chi connectivity index (χ3n) is 2.97. The van der Waals surface area contributed by atoms with Crippen molar-refractivity contribution in [2.75, 3.05) is 6.54 Å². The highest BCUT2D eigenvalue weighted by atomic mass is 79.9. The smallest absolute Gasteiger partial charge is 0.137 e. The zero-order valence-electron chi connectivity index (χ0n) is 10.9. The number of nitrogens with one attached hydrogen (secondary N) is 1. The SMILES string of the molecule is CCNC(Cc1ccc(F)c(Br)c1)c1scnc1C. The summed E-state index contributed by atoms with van der Waals surface area (Å²) in [5.74, 6) is -0.224. The van der Waals surface area contributed by atoms with E-state index in [0.29, 0.717) is 4.47 Å². The second-order valence-corrected chi connectivity index (χ2v) is 6.11. The fraction of sp³-hybridized carbons (Fsp3) is 0.357. The van der Waals surface area contributed by atoms with Crippen molar-refractivity contribution in [3.63, 3.8) is 0 Å². The molecular formula is C14H16BrFN2S. The molecular weight excluding hydrogens is 327 g/mol. The summed E-state index contributed by atoms with van der Waals surface area (Å²) in [5.41, 5.74) is 4.04. The third kappa shape index (κ3) is 3.61. The Bertz CT molecular complexity index is 556. The van der Waals surface area contributed by atoms with Crippen LogP contribution in [0.2, 0.25) is 0 Å². The summed E-state index contributed by atoms with van der Waals surface area (Å²) in [7, 11) is 0. The van der Waals surface area contributed by atoms with Crippen LogP contribution in [-0.2, 0) is 6.42 Å². The van der Waals surface area contributed by atoms with Crippen molar-refractivity contribution >= 4 is 27.3 Å². The first kappa shape index (κ1) is 14.6. The number of aromatic nitrogens is 1. The van der Waals surface area contributed by atoms with Crippen LogP contribution < -0.4 is 5.32 Å². The molecule has 0 amide bonds. The van der Waals surface area contributed by atoms with Crippen molar-refractivity contribution in [2.24, 2.45) is 0 Å². The molecule has 1 N–H and O–H groups in total. The fourth-order valence-corrected chi connectivity index (χ4v) is 3.36. The van der Waals surface area contributed by atoms with Crippen LogP contribution in [0.4, 0.5) is 4.39 Å². The van der Waals surface area contributed by atoms with Gasteiger partial charge in [0.15, 0.2) is 0 Å². The third-order valence-corrected chi connectivity index (χ3v) is 4.63. The summed E-state index contributed by atoms with van der Waals surface area (Å²) in [4.78, 5) is 5.55. The van der Waals surface area contributed by atoms with Gasteiger partial charge < -0.3 is 5.32 Å². The summed E-state index contributed by atoms with van der Waals surface area (Å²) >= 11 is 4.90. The molecule has 0 spiro atoms. The summed E-state index contributed by atoms with van der Waals surface area (Å²) in [6, 6.07) is 5.41. The minimum Gasteiger partial charge on any atom is -0.309 e. The van der Waals surface area contributed by atoms with Crippen LogP contribution in [0.5, 0.6) is 0 Å². The van der Waals surface area contributed by atoms with Gasteiger partial charge in [0.1, 0.15) is 5.82 Å². The van der Waals surface area contributed by atoms with E-state index in [9.17, 15) is 4.39 Å². The normalized spacial score (nSPS) is 12.6. The highest BCUT2D eigenvalue weighted by Crippen LogP contribution is 2.26. The maximum Gasteiger partial charge on any atom is 0.137 e. The molecule has 0 bridgehead atoms. The summed E-state index contributed by atoms with van der Waals surface area (Å²) in [6.07, 6.45) is 0.829. The van der Waals surface area contributed by atoms with Crippen molar-refractivity contribution in [2.45, 2.75) is 26.3 Å². The Hall–Kier alpha value is -0.780. The standard InChI is InChI=1S/C14H16BrFN2S/c1-3-17-13(14-9(2)18-8-19-14)7-10-4-5-12(16)11(15)6-10/h4-6,8,13,17H,3,7H2,1-2H3. The molecule has 2 aromatic rings. The quantitative estimate of drug-likeness (QED) is 0.878. The molecule has 0 aliphatic rings. The molecule has 0 aliphatic carbocycles. The highest BCUT2D eigenvalue weighted by Gasteiger charge is 2.16. The Morgan fingerprint density at radius 2 is 2.26 bits per heavy atom. The zero-order chi connectivity index (χ0) is 13.8. The number of thiazole rings is 1. The van der Waals surface area contributed by atoms with Crippen LogP contribution in [0, 0.1) is 12.7 Å². The van der Waals surface area contributed by atoms with E-state index in [2.05, 4.69) is 33.2 Å². The van der Waals surface area contributed by atoms with E-state index in [-0.39, 0.29) is 11.9 Å². The monoisotopic (exact) mass is 342 g/mol. The molecule has 0 aliphatic heterocycles. The lowest BCUT2D eigenvalue weighted by atomic mass is 10.0. The minimum atomic E-state index is -0.224. The Balaban J connectivity index is 2.21. The Kier molecular flexibility index (Phi) is 5.07. The maximum absolute atomic E-state index is 13.3. The van der Waals surface area contributed by atoms with Crippen molar-refractivity contribution in [1.82, 2.24) is 10.3 Å². The predicted molar refractivity (Wildman–Crippen MR) is 81.1 cm³/mol. The first-order chi connectivity index (χ1) is 9.11. The largest absolute Gasteiger partial charge is 0.309 e. The Morgan fingerprint density at radius 1 is 1.47 bits per heavy atom. The highest BCUT2D eigenvalue weighted by molar-refractivity contribution is 9.10. The van der Waals surface area contributed by atoms with Crippen LogP contribution >= 0.6 is 27.3 Å². The van der Waals surface area contributed by atoms with E-state index in [1.807, 2.05) is 24.6 Å². The topological polar surface area (TPSA) is 24.9 Å². The van der Waals surface area contributed by atoms with Gasteiger partial charge in [-0.1, -0.05) is 13.0 Å². The number of benzene rings is 1. The van der Waals surface area contributed by atoms with Gasteiger partial charge in [0.2, 0.25) is 0 Å². The molecule has 1 aromatic heterocycles. The van der Waals surface area contributed by atoms with E-state index in [0.717, 1.165) is 24.2 Å². The predicted octanol–water partition coefficient (Wildman–Crippen LogP) is 4.25. The van der Waals surface area contributed by atoms with Gasteiger partial charge >= 0.3 is 0 Å². The lowest BCUT2D eigenvalue weighted by Crippen LogP contribution is -2.22. The first-order valence-corrected chi connectivity index (χ1v) is 7.86. The van der Waals surface area contributed by atoms with Crippen molar-refractivity contribution in [1.29, 1.82) is 0 Å².